The summed E-state index contributed by atoms with van der Waals surface area (Å²) in [6, 6.07) is 1.89. The number of hydrogen-bond donors (Lipinski definition) is 2. The van der Waals surface area contributed by atoms with Gasteiger partial charge in [0, 0.05) is 23.7 Å². The molecule has 0 unspecified atom stereocenters. The normalized spacial score (nSPS) is 10.5. The van der Waals surface area contributed by atoms with Gasteiger partial charge in [0.15, 0.2) is 5.13 Å². The van der Waals surface area contributed by atoms with E-state index in [1.165, 1.54) is 16.9 Å². The van der Waals surface area contributed by atoms with Crippen LogP contribution in [0, 0.1) is 6.92 Å². The molecular formula is C10H12N4S. The van der Waals surface area contributed by atoms with Crippen molar-refractivity contribution in [1.29, 1.82) is 0 Å². The van der Waals surface area contributed by atoms with E-state index in [1.54, 1.807) is 12.4 Å². The van der Waals surface area contributed by atoms with Crippen LogP contribution in [-0.2, 0) is 6.42 Å². The number of anilines is 2. The van der Waals surface area contributed by atoms with Crippen LogP contribution in [0.15, 0.2) is 18.5 Å². The lowest BCUT2D eigenvalue weighted by molar-refractivity contribution is 1.14. The Kier molecular flexibility index (Phi) is 2.55. The molecule has 0 aliphatic heterocycles. The van der Waals surface area contributed by atoms with Crippen LogP contribution in [-0.4, -0.2) is 9.97 Å². The summed E-state index contributed by atoms with van der Waals surface area (Å²) in [6.07, 6.45) is 4.40. The molecule has 5 heteroatoms. The first kappa shape index (κ1) is 9.92. The largest absolute Gasteiger partial charge is 0.384 e. The first-order valence-electron chi connectivity index (χ1n) is 4.56. The number of aryl methyl sites for hydroxylation is 1. The van der Waals surface area contributed by atoms with E-state index in [-0.39, 0.29) is 0 Å². The van der Waals surface area contributed by atoms with Gasteiger partial charge in [0.25, 0.3) is 0 Å². The maximum Gasteiger partial charge on any atom is 0.180 e. The molecule has 78 valence electrons. The van der Waals surface area contributed by atoms with Crippen LogP contribution >= 0.6 is 11.3 Å². The van der Waals surface area contributed by atoms with Gasteiger partial charge in [-0.15, -0.1) is 11.3 Å². The predicted molar refractivity (Wildman–Crippen MR) is 62.7 cm³/mol. The molecule has 0 radical (unpaired) electrons. The minimum Gasteiger partial charge on any atom is -0.384 e. The van der Waals surface area contributed by atoms with E-state index >= 15 is 0 Å². The Labute approximate surface area is 92.0 Å². The summed E-state index contributed by atoms with van der Waals surface area (Å²) in [7, 11) is 0. The van der Waals surface area contributed by atoms with Gasteiger partial charge in [0.05, 0.1) is 0 Å². The molecule has 15 heavy (non-hydrogen) atoms. The Morgan fingerprint density at radius 1 is 1.27 bits per heavy atom. The molecule has 0 spiro atoms. The predicted octanol–water partition coefficient (Wildman–Crippen LogP) is 1.60. The Bertz CT molecular complexity index is 478. The number of thiazole rings is 1. The zero-order valence-electron chi connectivity index (χ0n) is 8.40. The summed E-state index contributed by atoms with van der Waals surface area (Å²) < 4.78 is 0. The van der Waals surface area contributed by atoms with E-state index in [0.717, 1.165) is 16.9 Å². The fraction of sp³-hybridized carbons (Fsp3) is 0.200. The average Bonchev–Trinajstić information content (AvgIpc) is 2.58. The zero-order chi connectivity index (χ0) is 10.8. The minimum atomic E-state index is 0.549. The number of hydrogen-bond acceptors (Lipinski definition) is 5. The van der Waals surface area contributed by atoms with Gasteiger partial charge >= 0.3 is 0 Å². The summed E-state index contributed by atoms with van der Waals surface area (Å²) in [5.74, 6) is 0.549. The molecular weight excluding hydrogens is 208 g/mol. The monoisotopic (exact) mass is 220 g/mol. The zero-order valence-corrected chi connectivity index (χ0v) is 9.21. The van der Waals surface area contributed by atoms with Gasteiger partial charge in [0.1, 0.15) is 5.82 Å². The Balaban J connectivity index is 2.27. The van der Waals surface area contributed by atoms with E-state index in [0.29, 0.717) is 10.9 Å². The second-order valence-electron chi connectivity index (χ2n) is 3.38. The standard InChI is InChI=1S/C10H12N4S/c1-6-4-13-9(11)3-7(6)2-8-5-14-10(12)15-8/h3-5H,2H2,1H3,(H2,11,13)(H2,12,14). The highest BCUT2D eigenvalue weighted by Crippen LogP contribution is 2.20. The summed E-state index contributed by atoms with van der Waals surface area (Å²) in [5, 5.41) is 0.602. The van der Waals surface area contributed by atoms with Crippen molar-refractivity contribution in [3.63, 3.8) is 0 Å². The summed E-state index contributed by atoms with van der Waals surface area (Å²) in [5.41, 5.74) is 13.5. The lowest BCUT2D eigenvalue weighted by Crippen LogP contribution is -1.96. The van der Waals surface area contributed by atoms with Crippen molar-refractivity contribution in [2.24, 2.45) is 0 Å². The Hall–Kier alpha value is -1.62. The molecule has 0 amide bonds. The number of nitrogens with zero attached hydrogens (tertiary/aromatic N) is 2. The molecule has 0 saturated carbocycles. The van der Waals surface area contributed by atoms with Crippen molar-refractivity contribution < 1.29 is 0 Å². The van der Waals surface area contributed by atoms with Gasteiger partial charge in [-0.25, -0.2) is 9.97 Å². The lowest BCUT2D eigenvalue weighted by atomic mass is 10.1. The van der Waals surface area contributed by atoms with Crippen molar-refractivity contribution in [2.75, 3.05) is 11.5 Å². The molecule has 0 aliphatic carbocycles. The van der Waals surface area contributed by atoms with Gasteiger partial charge in [-0.3, -0.25) is 0 Å². The molecule has 0 saturated heterocycles. The second kappa shape index (κ2) is 3.86. The van der Waals surface area contributed by atoms with Crippen molar-refractivity contribution >= 4 is 22.3 Å². The third-order valence-corrected chi connectivity index (χ3v) is 3.00. The fourth-order valence-corrected chi connectivity index (χ4v) is 2.07. The Morgan fingerprint density at radius 2 is 2.07 bits per heavy atom. The van der Waals surface area contributed by atoms with Gasteiger partial charge in [0.2, 0.25) is 0 Å². The highest BCUT2D eigenvalue weighted by molar-refractivity contribution is 7.15. The van der Waals surface area contributed by atoms with Crippen LogP contribution in [0.2, 0.25) is 0 Å². The number of nitrogen functional groups attached to an aromatic ring is 2. The van der Waals surface area contributed by atoms with Crippen LogP contribution in [0.4, 0.5) is 10.9 Å². The highest BCUT2D eigenvalue weighted by Gasteiger charge is 2.04. The van der Waals surface area contributed by atoms with Crippen molar-refractivity contribution in [3.8, 4) is 0 Å². The molecule has 2 heterocycles. The molecule has 0 aromatic carbocycles. The Morgan fingerprint density at radius 3 is 2.73 bits per heavy atom. The van der Waals surface area contributed by atoms with Crippen molar-refractivity contribution in [2.45, 2.75) is 13.3 Å². The highest BCUT2D eigenvalue weighted by atomic mass is 32.1. The molecule has 2 aromatic rings. The SMILES string of the molecule is Cc1cnc(N)cc1Cc1cnc(N)s1. The van der Waals surface area contributed by atoms with Crippen LogP contribution in [0.5, 0.6) is 0 Å². The third-order valence-electron chi connectivity index (χ3n) is 2.17. The van der Waals surface area contributed by atoms with Crippen LogP contribution in [0.25, 0.3) is 0 Å². The van der Waals surface area contributed by atoms with Crippen molar-refractivity contribution in [3.05, 3.63) is 34.5 Å². The maximum atomic E-state index is 5.64. The number of aromatic nitrogens is 2. The molecule has 4 N–H and O–H groups in total. The van der Waals surface area contributed by atoms with E-state index in [4.69, 9.17) is 11.5 Å². The number of nitrogens with two attached hydrogens (primary N) is 2. The van der Waals surface area contributed by atoms with Crippen LogP contribution in [0.3, 0.4) is 0 Å². The average molecular weight is 220 g/mol. The first-order chi connectivity index (χ1) is 7.15. The fourth-order valence-electron chi connectivity index (χ4n) is 1.37. The number of rotatable bonds is 2. The summed E-state index contributed by atoms with van der Waals surface area (Å²) in [6.45, 7) is 2.02. The van der Waals surface area contributed by atoms with E-state index < -0.39 is 0 Å². The topological polar surface area (TPSA) is 77.8 Å². The smallest absolute Gasteiger partial charge is 0.180 e. The third kappa shape index (κ3) is 2.24. The van der Waals surface area contributed by atoms with Crippen molar-refractivity contribution in [1.82, 2.24) is 9.97 Å². The molecule has 0 fully saturated rings. The minimum absolute atomic E-state index is 0.549. The molecule has 0 atom stereocenters. The molecule has 2 aromatic heterocycles. The lowest BCUT2D eigenvalue weighted by Gasteiger charge is -2.03. The molecule has 2 rings (SSSR count). The quantitative estimate of drug-likeness (QED) is 0.805. The van der Waals surface area contributed by atoms with E-state index in [1.807, 2.05) is 13.0 Å². The maximum absolute atomic E-state index is 5.64. The summed E-state index contributed by atoms with van der Waals surface area (Å²) in [4.78, 5) is 9.18. The molecule has 4 nitrogen and oxygen atoms in total. The van der Waals surface area contributed by atoms with Gasteiger partial charge in [-0.2, -0.15) is 0 Å². The van der Waals surface area contributed by atoms with Gasteiger partial charge in [-0.05, 0) is 24.1 Å². The van der Waals surface area contributed by atoms with Crippen LogP contribution < -0.4 is 11.5 Å². The second-order valence-corrected chi connectivity index (χ2v) is 4.52. The number of pyridine rings is 1. The molecule has 0 bridgehead atoms. The van der Waals surface area contributed by atoms with Gasteiger partial charge < -0.3 is 11.5 Å². The first-order valence-corrected chi connectivity index (χ1v) is 5.38. The molecule has 0 aliphatic rings. The van der Waals surface area contributed by atoms with Crippen LogP contribution in [0.1, 0.15) is 16.0 Å². The van der Waals surface area contributed by atoms with E-state index in [9.17, 15) is 0 Å². The van der Waals surface area contributed by atoms with Gasteiger partial charge in [-0.1, -0.05) is 0 Å². The van der Waals surface area contributed by atoms with E-state index in [2.05, 4.69) is 9.97 Å². The summed E-state index contributed by atoms with van der Waals surface area (Å²) >= 11 is 1.50.